The van der Waals surface area contributed by atoms with Gasteiger partial charge in [0.05, 0.1) is 0 Å². The minimum Gasteiger partial charge on any atom is -0.206 e. The Balaban J connectivity index is 1.52. The van der Waals surface area contributed by atoms with Gasteiger partial charge in [0.1, 0.15) is 11.6 Å². The molecule has 0 aliphatic carbocycles. The first-order valence-electron chi connectivity index (χ1n) is 10.4. The highest BCUT2D eigenvalue weighted by Gasteiger charge is 2.18. The van der Waals surface area contributed by atoms with Gasteiger partial charge < -0.3 is 0 Å². The second kappa shape index (κ2) is 8.99. The van der Waals surface area contributed by atoms with Crippen molar-refractivity contribution in [3.8, 4) is 22.3 Å². The Morgan fingerprint density at radius 3 is 1.72 bits per heavy atom. The van der Waals surface area contributed by atoms with Crippen LogP contribution in [0.3, 0.4) is 0 Å². The van der Waals surface area contributed by atoms with Crippen LogP contribution in [0.15, 0.2) is 72.8 Å². The molecular weight excluding hydrogens is 412 g/mol. The molecule has 0 atom stereocenters. The molecule has 4 aromatic carbocycles. The van der Waals surface area contributed by atoms with E-state index in [-0.39, 0.29) is 28.9 Å². The molecular formula is C28H22F4. The lowest BCUT2D eigenvalue weighted by Crippen LogP contribution is -2.01. The molecule has 162 valence electrons. The van der Waals surface area contributed by atoms with E-state index in [1.54, 1.807) is 38.1 Å². The second-order valence-electron chi connectivity index (χ2n) is 7.97. The summed E-state index contributed by atoms with van der Waals surface area (Å²) in [6, 6.07) is 20.2. The lowest BCUT2D eigenvalue weighted by molar-refractivity contribution is 0.500. The van der Waals surface area contributed by atoms with Crippen LogP contribution >= 0.6 is 0 Å². The fourth-order valence-electron chi connectivity index (χ4n) is 3.85. The summed E-state index contributed by atoms with van der Waals surface area (Å²) in [6.45, 7) is 3.31. The van der Waals surface area contributed by atoms with Crippen LogP contribution in [0.1, 0.15) is 22.3 Å². The van der Waals surface area contributed by atoms with Crippen LogP contribution in [0.25, 0.3) is 22.3 Å². The van der Waals surface area contributed by atoms with Crippen molar-refractivity contribution in [2.45, 2.75) is 26.7 Å². The van der Waals surface area contributed by atoms with E-state index in [4.69, 9.17) is 0 Å². The Morgan fingerprint density at radius 1 is 0.500 bits per heavy atom. The summed E-state index contributed by atoms with van der Waals surface area (Å²) < 4.78 is 58.1. The highest BCUT2D eigenvalue weighted by Crippen LogP contribution is 2.30. The molecule has 32 heavy (non-hydrogen) atoms. The standard InChI is InChI=1S/C28H22F4/c1-17-5-3-7-22(25(17)29)20-12-9-19(10-13-20)11-14-21-15-16-24(28(32)27(21)31)23-8-4-6-18(2)26(23)30/h3-10,12-13,15-16H,11,14H2,1-2H3. The maximum Gasteiger partial charge on any atom is 0.167 e. The maximum atomic E-state index is 14.7. The largest absolute Gasteiger partial charge is 0.206 e. The van der Waals surface area contributed by atoms with Gasteiger partial charge in [0, 0.05) is 16.7 Å². The zero-order valence-corrected chi connectivity index (χ0v) is 17.9. The molecule has 0 nitrogen and oxygen atoms in total. The van der Waals surface area contributed by atoms with E-state index in [0.29, 0.717) is 23.1 Å². The van der Waals surface area contributed by atoms with Gasteiger partial charge in [-0.05, 0) is 54.5 Å². The van der Waals surface area contributed by atoms with Crippen LogP contribution in [-0.4, -0.2) is 0 Å². The molecule has 0 saturated carbocycles. The average molecular weight is 434 g/mol. The third-order valence-corrected chi connectivity index (χ3v) is 5.78. The van der Waals surface area contributed by atoms with E-state index in [2.05, 4.69) is 0 Å². The molecule has 0 aliphatic heterocycles. The minimum atomic E-state index is -1.04. The summed E-state index contributed by atoms with van der Waals surface area (Å²) in [5, 5.41) is 0. The van der Waals surface area contributed by atoms with Crippen LogP contribution in [-0.2, 0) is 12.8 Å². The Kier molecular flexibility index (Phi) is 6.13. The zero-order chi connectivity index (χ0) is 22.8. The Hall–Kier alpha value is -3.40. The lowest BCUT2D eigenvalue weighted by atomic mass is 9.96. The van der Waals surface area contributed by atoms with Crippen molar-refractivity contribution >= 4 is 0 Å². The molecule has 0 bridgehead atoms. The summed E-state index contributed by atoms with van der Waals surface area (Å²) in [5.41, 5.74) is 3.37. The maximum absolute atomic E-state index is 14.7. The van der Waals surface area contributed by atoms with Crippen LogP contribution in [0, 0.1) is 37.1 Å². The summed E-state index contributed by atoms with van der Waals surface area (Å²) in [6.07, 6.45) is 0.780. The van der Waals surface area contributed by atoms with Crippen LogP contribution in [0.2, 0.25) is 0 Å². The van der Waals surface area contributed by atoms with Gasteiger partial charge >= 0.3 is 0 Å². The average Bonchev–Trinajstić information content (AvgIpc) is 2.79. The topological polar surface area (TPSA) is 0 Å². The minimum absolute atomic E-state index is 0.0481. The fourth-order valence-corrected chi connectivity index (χ4v) is 3.85. The first kappa shape index (κ1) is 21.8. The smallest absolute Gasteiger partial charge is 0.167 e. The number of rotatable bonds is 5. The molecule has 0 aliphatic rings. The zero-order valence-electron chi connectivity index (χ0n) is 17.9. The molecule has 0 heterocycles. The summed E-state index contributed by atoms with van der Waals surface area (Å²) in [4.78, 5) is 0. The number of halogens is 4. The molecule has 4 rings (SSSR count). The molecule has 0 radical (unpaired) electrons. The summed E-state index contributed by atoms with van der Waals surface area (Å²) in [7, 11) is 0. The molecule has 0 aromatic heterocycles. The van der Waals surface area contributed by atoms with Gasteiger partial charge in [-0.15, -0.1) is 0 Å². The Labute approximate surface area is 185 Å². The van der Waals surface area contributed by atoms with E-state index in [1.165, 1.54) is 18.2 Å². The molecule has 0 spiro atoms. The molecule has 0 fully saturated rings. The van der Waals surface area contributed by atoms with E-state index < -0.39 is 17.5 Å². The van der Waals surface area contributed by atoms with Gasteiger partial charge in [0.15, 0.2) is 11.6 Å². The van der Waals surface area contributed by atoms with Gasteiger partial charge in [-0.1, -0.05) is 72.8 Å². The SMILES string of the molecule is Cc1cccc(-c2ccc(CCc3ccc(-c4cccc(C)c4F)c(F)c3F)cc2)c1F. The van der Waals surface area contributed by atoms with Crippen molar-refractivity contribution in [2.24, 2.45) is 0 Å². The van der Waals surface area contributed by atoms with Gasteiger partial charge in [-0.25, -0.2) is 17.6 Å². The first-order chi connectivity index (χ1) is 15.4. The Morgan fingerprint density at radius 2 is 1.06 bits per heavy atom. The molecule has 0 saturated heterocycles. The van der Waals surface area contributed by atoms with Crippen molar-refractivity contribution in [2.75, 3.05) is 0 Å². The number of benzene rings is 4. The fraction of sp³-hybridized carbons (Fsp3) is 0.143. The third kappa shape index (κ3) is 4.18. The Bertz CT molecular complexity index is 1270. The molecule has 0 amide bonds. The van der Waals surface area contributed by atoms with Gasteiger partial charge in [0.25, 0.3) is 0 Å². The number of aryl methyl sites for hydroxylation is 4. The molecule has 4 aromatic rings. The number of hydrogen-bond donors (Lipinski definition) is 0. The van der Waals surface area contributed by atoms with Gasteiger partial charge in [0.2, 0.25) is 0 Å². The van der Waals surface area contributed by atoms with E-state index in [0.717, 1.165) is 11.1 Å². The van der Waals surface area contributed by atoms with Crippen molar-refractivity contribution in [1.29, 1.82) is 0 Å². The van der Waals surface area contributed by atoms with E-state index >= 15 is 0 Å². The van der Waals surface area contributed by atoms with Crippen LogP contribution in [0.4, 0.5) is 17.6 Å². The normalized spacial score (nSPS) is 11.1. The van der Waals surface area contributed by atoms with Gasteiger partial charge in [-0.3, -0.25) is 0 Å². The lowest BCUT2D eigenvalue weighted by Gasteiger charge is -2.11. The van der Waals surface area contributed by atoms with Crippen LogP contribution in [0.5, 0.6) is 0 Å². The van der Waals surface area contributed by atoms with E-state index in [9.17, 15) is 17.6 Å². The second-order valence-corrected chi connectivity index (χ2v) is 7.97. The van der Waals surface area contributed by atoms with E-state index in [1.807, 2.05) is 30.3 Å². The molecule has 0 N–H and O–H groups in total. The predicted molar refractivity (Wildman–Crippen MR) is 120 cm³/mol. The highest BCUT2D eigenvalue weighted by molar-refractivity contribution is 5.67. The summed E-state index contributed by atoms with van der Waals surface area (Å²) in [5.74, 6) is -2.80. The number of hydrogen-bond acceptors (Lipinski definition) is 0. The van der Waals surface area contributed by atoms with Gasteiger partial charge in [-0.2, -0.15) is 0 Å². The molecule has 0 unspecified atom stereocenters. The van der Waals surface area contributed by atoms with Crippen molar-refractivity contribution in [1.82, 2.24) is 0 Å². The highest BCUT2D eigenvalue weighted by atomic mass is 19.2. The first-order valence-corrected chi connectivity index (χ1v) is 10.4. The monoisotopic (exact) mass is 434 g/mol. The van der Waals surface area contributed by atoms with Crippen molar-refractivity contribution in [3.05, 3.63) is 118 Å². The molecule has 4 heteroatoms. The van der Waals surface area contributed by atoms with Crippen molar-refractivity contribution in [3.63, 3.8) is 0 Å². The third-order valence-electron chi connectivity index (χ3n) is 5.78. The predicted octanol–water partition coefficient (Wildman–Crippen LogP) is 7.98. The van der Waals surface area contributed by atoms with Crippen LogP contribution < -0.4 is 0 Å². The van der Waals surface area contributed by atoms with Crippen molar-refractivity contribution < 1.29 is 17.6 Å². The summed E-state index contributed by atoms with van der Waals surface area (Å²) >= 11 is 0. The quantitative estimate of drug-likeness (QED) is 0.279.